The Labute approximate surface area is 171 Å². The monoisotopic (exact) mass is 400 g/mol. The van der Waals surface area contributed by atoms with Gasteiger partial charge in [0.05, 0.1) is 13.7 Å². The second kappa shape index (κ2) is 13.7. The van der Waals surface area contributed by atoms with E-state index < -0.39 is 17.9 Å². The molecule has 0 aliphatic carbocycles. The van der Waals surface area contributed by atoms with E-state index in [-0.39, 0.29) is 17.1 Å². The fourth-order valence-corrected chi connectivity index (χ4v) is 1.91. The molecule has 1 rings (SSSR count). The van der Waals surface area contributed by atoms with E-state index in [0.29, 0.717) is 12.2 Å². The topological polar surface area (TPSA) is 89.9 Å². The Balaban J connectivity index is 0.000000828. The van der Waals surface area contributed by atoms with Gasteiger partial charge < -0.3 is 14.6 Å². The quantitative estimate of drug-likeness (QED) is 0.519. The average molecular weight is 400 g/mol. The summed E-state index contributed by atoms with van der Waals surface area (Å²) in [6.45, 7) is 12.4. The largest absolute Gasteiger partial charge is 0.478 e. The lowest BCUT2D eigenvalue weighted by molar-refractivity contribution is -0.138. The summed E-state index contributed by atoms with van der Waals surface area (Å²) in [4.78, 5) is 32.9. The number of hydrogen-bond donors (Lipinski definition) is 1. The number of carbonyl (C=O) groups is 3. The van der Waals surface area contributed by atoms with Gasteiger partial charge in [0.2, 0.25) is 0 Å². The number of allylic oxidation sites excluding steroid dienone is 2. The van der Waals surface area contributed by atoms with Crippen LogP contribution in [0.25, 0.3) is 6.08 Å². The van der Waals surface area contributed by atoms with E-state index in [1.165, 1.54) is 20.1 Å². The molecular formula is C23H28O6. The van der Waals surface area contributed by atoms with Crippen molar-refractivity contribution >= 4 is 24.0 Å². The number of rotatable bonds is 8. The molecule has 6 heteroatoms. The van der Waals surface area contributed by atoms with E-state index in [9.17, 15) is 14.4 Å². The van der Waals surface area contributed by atoms with Crippen molar-refractivity contribution in [3.63, 3.8) is 0 Å². The van der Waals surface area contributed by atoms with Gasteiger partial charge in [-0.3, -0.25) is 0 Å². The van der Waals surface area contributed by atoms with Crippen molar-refractivity contribution in [2.75, 3.05) is 13.7 Å². The van der Waals surface area contributed by atoms with Gasteiger partial charge in [-0.05, 0) is 26.3 Å². The van der Waals surface area contributed by atoms with Crippen LogP contribution in [0.5, 0.6) is 0 Å². The Bertz CT molecular complexity index is 787. The van der Waals surface area contributed by atoms with Crippen LogP contribution in [0.4, 0.5) is 0 Å². The fourth-order valence-electron chi connectivity index (χ4n) is 1.91. The van der Waals surface area contributed by atoms with Crippen molar-refractivity contribution in [3.8, 4) is 0 Å². The van der Waals surface area contributed by atoms with Crippen molar-refractivity contribution in [2.24, 2.45) is 5.92 Å². The van der Waals surface area contributed by atoms with Gasteiger partial charge in [0.15, 0.2) is 0 Å². The Morgan fingerprint density at radius 2 is 1.69 bits per heavy atom. The molecule has 0 aliphatic heterocycles. The minimum absolute atomic E-state index is 0.141. The summed E-state index contributed by atoms with van der Waals surface area (Å²) in [6.07, 6.45) is 5.01. The average Bonchev–Trinajstić information content (AvgIpc) is 2.70. The first kappa shape index (κ1) is 25.6. The molecular weight excluding hydrogens is 372 g/mol. The molecule has 6 nitrogen and oxygen atoms in total. The summed E-state index contributed by atoms with van der Waals surface area (Å²) in [5.74, 6) is -2.45. The Hall–Kier alpha value is -3.41. The highest BCUT2D eigenvalue weighted by molar-refractivity contribution is 5.91. The smallest absolute Gasteiger partial charge is 0.334 e. The molecule has 0 aromatic heterocycles. The number of methoxy groups -OCH3 is 1. The minimum Gasteiger partial charge on any atom is -0.478 e. The Morgan fingerprint density at radius 1 is 1.10 bits per heavy atom. The number of hydrogen-bond acceptors (Lipinski definition) is 5. The van der Waals surface area contributed by atoms with E-state index in [2.05, 4.69) is 22.6 Å². The summed E-state index contributed by atoms with van der Waals surface area (Å²) in [6, 6.07) is 9.49. The molecule has 1 aromatic rings. The second-order valence-corrected chi connectivity index (χ2v) is 5.97. The third-order valence-corrected chi connectivity index (χ3v) is 3.54. The molecule has 1 unspecified atom stereocenters. The van der Waals surface area contributed by atoms with E-state index in [1.54, 1.807) is 19.9 Å². The predicted octanol–water partition coefficient (Wildman–Crippen LogP) is 4.20. The van der Waals surface area contributed by atoms with Gasteiger partial charge >= 0.3 is 17.9 Å². The van der Waals surface area contributed by atoms with Crippen molar-refractivity contribution in [1.29, 1.82) is 0 Å². The van der Waals surface area contributed by atoms with E-state index in [4.69, 9.17) is 5.11 Å². The molecule has 0 radical (unpaired) electrons. The lowest BCUT2D eigenvalue weighted by Gasteiger charge is -2.10. The third-order valence-electron chi connectivity index (χ3n) is 3.54. The zero-order valence-electron chi connectivity index (χ0n) is 17.3. The molecule has 1 atom stereocenters. The maximum Gasteiger partial charge on any atom is 0.334 e. The summed E-state index contributed by atoms with van der Waals surface area (Å²) < 4.78 is 9.20. The van der Waals surface area contributed by atoms with Gasteiger partial charge in [-0.25, -0.2) is 14.4 Å². The summed E-state index contributed by atoms with van der Waals surface area (Å²) in [7, 11) is 1.26. The van der Waals surface area contributed by atoms with Crippen LogP contribution in [0.3, 0.4) is 0 Å². The second-order valence-electron chi connectivity index (χ2n) is 5.97. The van der Waals surface area contributed by atoms with Crippen LogP contribution in [0, 0.1) is 5.92 Å². The summed E-state index contributed by atoms with van der Waals surface area (Å²) in [5, 5.41) is 8.96. The SMILES string of the molecule is C=C(C(=O)OC)C(C=Cc1ccccc1)C=C(C)C(=O)O.C=C(C)C(=O)OCC. The molecule has 0 bridgehead atoms. The van der Waals surface area contributed by atoms with Crippen LogP contribution in [-0.2, 0) is 23.9 Å². The predicted molar refractivity (Wildman–Crippen MR) is 113 cm³/mol. The van der Waals surface area contributed by atoms with Crippen molar-refractivity contribution in [1.82, 2.24) is 0 Å². The molecule has 0 amide bonds. The number of benzene rings is 1. The molecule has 0 saturated carbocycles. The van der Waals surface area contributed by atoms with Crippen molar-refractivity contribution < 1.29 is 29.0 Å². The minimum atomic E-state index is -1.04. The molecule has 29 heavy (non-hydrogen) atoms. The number of ether oxygens (including phenoxy) is 2. The van der Waals surface area contributed by atoms with E-state index in [0.717, 1.165) is 5.56 Å². The number of aliphatic carboxylic acids is 1. The molecule has 1 aromatic carbocycles. The number of carboxylic acid groups (broad SMARTS) is 1. The molecule has 1 N–H and O–H groups in total. The molecule has 0 saturated heterocycles. The molecule has 0 heterocycles. The number of carboxylic acids is 1. The first-order chi connectivity index (χ1) is 13.6. The van der Waals surface area contributed by atoms with Gasteiger partial charge in [0, 0.05) is 22.6 Å². The maximum atomic E-state index is 11.6. The van der Waals surface area contributed by atoms with Crippen LogP contribution in [-0.4, -0.2) is 36.7 Å². The maximum absolute atomic E-state index is 11.6. The summed E-state index contributed by atoms with van der Waals surface area (Å²) in [5.41, 5.74) is 1.72. The first-order valence-electron chi connectivity index (χ1n) is 8.88. The van der Waals surface area contributed by atoms with Gasteiger partial charge in [-0.2, -0.15) is 0 Å². The van der Waals surface area contributed by atoms with Crippen molar-refractivity contribution in [2.45, 2.75) is 20.8 Å². The highest BCUT2D eigenvalue weighted by Gasteiger charge is 2.16. The van der Waals surface area contributed by atoms with Crippen molar-refractivity contribution in [3.05, 3.63) is 77.9 Å². The van der Waals surface area contributed by atoms with Gasteiger partial charge in [-0.15, -0.1) is 0 Å². The Kier molecular flexibility index (Phi) is 12.1. The zero-order valence-corrected chi connectivity index (χ0v) is 17.3. The first-order valence-corrected chi connectivity index (χ1v) is 8.88. The Morgan fingerprint density at radius 3 is 2.10 bits per heavy atom. The number of carbonyl (C=O) groups excluding carboxylic acids is 2. The van der Waals surface area contributed by atoms with Crippen LogP contribution >= 0.6 is 0 Å². The fraction of sp³-hybridized carbons (Fsp3) is 0.261. The molecule has 0 fully saturated rings. The van der Waals surface area contributed by atoms with E-state index >= 15 is 0 Å². The highest BCUT2D eigenvalue weighted by Crippen LogP contribution is 2.18. The molecule has 0 aliphatic rings. The van der Waals surface area contributed by atoms with Crippen LogP contribution in [0.2, 0.25) is 0 Å². The molecule has 0 spiro atoms. The van der Waals surface area contributed by atoms with Crippen LogP contribution in [0.15, 0.2) is 72.4 Å². The van der Waals surface area contributed by atoms with Crippen LogP contribution in [0.1, 0.15) is 26.3 Å². The van der Waals surface area contributed by atoms with E-state index in [1.807, 2.05) is 36.4 Å². The highest BCUT2D eigenvalue weighted by atomic mass is 16.5. The standard InChI is InChI=1S/C17H18O4.C6H10O2/c1-12(16(18)19)11-15(13(2)17(20)21-3)10-9-14-7-5-4-6-8-14;1-4-8-6(7)5(2)3/h4-11,15H,2H2,1,3H3,(H,18,19);2,4H2,1,3H3. The van der Waals surface area contributed by atoms with Gasteiger partial charge in [0.25, 0.3) is 0 Å². The van der Waals surface area contributed by atoms with Gasteiger partial charge in [-0.1, -0.05) is 61.7 Å². The van der Waals surface area contributed by atoms with Crippen LogP contribution < -0.4 is 0 Å². The number of esters is 2. The normalized spacial score (nSPS) is 11.7. The lowest BCUT2D eigenvalue weighted by Crippen LogP contribution is -2.12. The summed E-state index contributed by atoms with van der Waals surface area (Å²) >= 11 is 0. The lowest BCUT2D eigenvalue weighted by atomic mass is 9.96. The molecule has 156 valence electrons. The third kappa shape index (κ3) is 10.5. The zero-order chi connectivity index (χ0) is 22.4. The van der Waals surface area contributed by atoms with Gasteiger partial charge in [0.1, 0.15) is 0 Å².